The van der Waals surface area contributed by atoms with Crippen molar-refractivity contribution in [3.05, 3.63) is 53.1 Å². The minimum atomic E-state index is -0.637. The predicted molar refractivity (Wildman–Crippen MR) is 65.3 cm³/mol. The lowest BCUT2D eigenvalue weighted by Crippen LogP contribution is -2.12. The molecule has 1 heterocycles. The Labute approximate surface area is 107 Å². The highest BCUT2D eigenvalue weighted by Gasteiger charge is 2.11. The number of aromatic hydroxyl groups is 1. The average molecular weight is 267 g/mol. The molecule has 0 atom stereocenters. The van der Waals surface area contributed by atoms with Crippen LogP contribution in [0, 0.1) is 5.95 Å². The van der Waals surface area contributed by atoms with E-state index in [1.807, 2.05) is 0 Å². The quantitative estimate of drug-likeness (QED) is 0.822. The van der Waals surface area contributed by atoms with Crippen LogP contribution >= 0.6 is 11.6 Å². The number of nitrogens with zero attached hydrogens (tertiary/aromatic N) is 1. The Bertz CT molecular complexity index is 587. The molecule has 0 aliphatic carbocycles. The zero-order valence-electron chi connectivity index (χ0n) is 9.02. The number of nitrogens with one attached hydrogen (secondary N) is 1. The molecule has 1 aromatic heterocycles. The van der Waals surface area contributed by atoms with Gasteiger partial charge in [0.15, 0.2) is 0 Å². The number of carbonyl (C=O) groups excluding carboxylic acids is 1. The molecule has 4 nitrogen and oxygen atoms in total. The van der Waals surface area contributed by atoms with Gasteiger partial charge < -0.3 is 10.4 Å². The molecule has 2 aromatic rings. The third-order valence-electron chi connectivity index (χ3n) is 2.19. The van der Waals surface area contributed by atoms with Gasteiger partial charge in [-0.2, -0.15) is 4.39 Å². The molecule has 6 heteroatoms. The van der Waals surface area contributed by atoms with Crippen molar-refractivity contribution < 1.29 is 14.3 Å². The van der Waals surface area contributed by atoms with Gasteiger partial charge in [0, 0.05) is 5.02 Å². The smallest absolute Gasteiger partial charge is 0.259 e. The van der Waals surface area contributed by atoms with Crippen molar-refractivity contribution in [2.24, 2.45) is 0 Å². The SMILES string of the molecule is O=C(Nc1ccc(F)nc1)c1ccc(Cl)cc1O. The lowest BCUT2D eigenvalue weighted by atomic mass is 10.2. The summed E-state index contributed by atoms with van der Waals surface area (Å²) in [4.78, 5) is 15.2. The predicted octanol–water partition coefficient (Wildman–Crippen LogP) is 2.83. The Morgan fingerprint density at radius 2 is 2.11 bits per heavy atom. The molecule has 1 amide bonds. The second-order valence-electron chi connectivity index (χ2n) is 3.49. The molecule has 92 valence electrons. The summed E-state index contributed by atoms with van der Waals surface area (Å²) in [7, 11) is 0. The Kier molecular flexibility index (Phi) is 3.43. The van der Waals surface area contributed by atoms with Crippen LogP contribution in [0.4, 0.5) is 10.1 Å². The van der Waals surface area contributed by atoms with E-state index in [2.05, 4.69) is 10.3 Å². The lowest BCUT2D eigenvalue weighted by molar-refractivity contribution is 0.102. The summed E-state index contributed by atoms with van der Waals surface area (Å²) in [6.45, 7) is 0. The van der Waals surface area contributed by atoms with E-state index < -0.39 is 11.9 Å². The van der Waals surface area contributed by atoms with Crippen LogP contribution in [0.5, 0.6) is 5.75 Å². The minimum Gasteiger partial charge on any atom is -0.507 e. The first-order valence-corrected chi connectivity index (χ1v) is 5.35. The molecule has 2 N–H and O–H groups in total. The average Bonchev–Trinajstić information content (AvgIpc) is 2.32. The van der Waals surface area contributed by atoms with Crippen LogP contribution in [0.15, 0.2) is 36.5 Å². The second-order valence-corrected chi connectivity index (χ2v) is 3.92. The molecule has 0 saturated heterocycles. The van der Waals surface area contributed by atoms with Gasteiger partial charge in [0.2, 0.25) is 5.95 Å². The maximum atomic E-state index is 12.6. The van der Waals surface area contributed by atoms with Crippen molar-refractivity contribution in [2.45, 2.75) is 0 Å². The largest absolute Gasteiger partial charge is 0.507 e. The third-order valence-corrected chi connectivity index (χ3v) is 2.42. The summed E-state index contributed by atoms with van der Waals surface area (Å²) in [5, 5.41) is 12.4. The van der Waals surface area contributed by atoms with Gasteiger partial charge in [0.05, 0.1) is 17.4 Å². The molecule has 0 bridgehead atoms. The van der Waals surface area contributed by atoms with Gasteiger partial charge in [0.25, 0.3) is 5.91 Å². The number of amides is 1. The Balaban J connectivity index is 2.19. The summed E-state index contributed by atoms with van der Waals surface area (Å²) in [5.41, 5.74) is 0.402. The molecule has 18 heavy (non-hydrogen) atoms. The van der Waals surface area contributed by atoms with Crippen molar-refractivity contribution >= 4 is 23.2 Å². The fourth-order valence-corrected chi connectivity index (χ4v) is 1.51. The summed E-state index contributed by atoms with van der Waals surface area (Å²) in [6, 6.07) is 6.63. The van der Waals surface area contributed by atoms with E-state index in [4.69, 9.17) is 11.6 Å². The van der Waals surface area contributed by atoms with Crippen molar-refractivity contribution in [2.75, 3.05) is 5.32 Å². The topological polar surface area (TPSA) is 62.2 Å². The zero-order chi connectivity index (χ0) is 13.1. The maximum Gasteiger partial charge on any atom is 0.259 e. The van der Waals surface area contributed by atoms with Gasteiger partial charge in [0.1, 0.15) is 5.75 Å². The standard InChI is InChI=1S/C12H8ClFN2O2/c13-7-1-3-9(10(17)5-7)12(18)16-8-2-4-11(14)15-6-8/h1-6,17H,(H,16,18). The molecule has 0 fully saturated rings. The normalized spacial score (nSPS) is 10.1. The molecule has 1 aromatic carbocycles. The molecule has 0 spiro atoms. The van der Waals surface area contributed by atoms with Crippen LogP contribution in [0.3, 0.4) is 0 Å². The molecule has 2 rings (SSSR count). The molecule has 0 saturated carbocycles. The van der Waals surface area contributed by atoms with E-state index in [1.54, 1.807) is 0 Å². The van der Waals surface area contributed by atoms with Gasteiger partial charge in [-0.1, -0.05) is 11.6 Å². The van der Waals surface area contributed by atoms with E-state index >= 15 is 0 Å². The summed E-state index contributed by atoms with van der Waals surface area (Å²) < 4.78 is 12.6. The van der Waals surface area contributed by atoms with Gasteiger partial charge in [-0.3, -0.25) is 4.79 Å². The van der Waals surface area contributed by atoms with Crippen LogP contribution in [0.2, 0.25) is 5.02 Å². The van der Waals surface area contributed by atoms with Gasteiger partial charge in [-0.25, -0.2) is 4.98 Å². The molecule has 0 aliphatic rings. The number of aromatic nitrogens is 1. The van der Waals surface area contributed by atoms with Gasteiger partial charge >= 0.3 is 0 Å². The number of hydrogen-bond donors (Lipinski definition) is 2. The van der Waals surface area contributed by atoms with Crippen LogP contribution in [-0.2, 0) is 0 Å². The molecule has 0 aliphatic heterocycles. The Morgan fingerprint density at radius 3 is 2.72 bits per heavy atom. The highest BCUT2D eigenvalue weighted by Crippen LogP contribution is 2.22. The second kappa shape index (κ2) is 5.01. The van der Waals surface area contributed by atoms with E-state index in [1.165, 1.54) is 30.5 Å². The number of phenols is 1. The number of phenolic OH excluding ortho intramolecular Hbond substituents is 1. The first-order valence-electron chi connectivity index (χ1n) is 4.97. The fourth-order valence-electron chi connectivity index (χ4n) is 1.34. The Hall–Kier alpha value is -2.14. The molecule has 0 unspecified atom stereocenters. The number of hydrogen-bond acceptors (Lipinski definition) is 3. The van der Waals surface area contributed by atoms with E-state index in [-0.39, 0.29) is 11.3 Å². The van der Waals surface area contributed by atoms with Gasteiger partial charge in [-0.15, -0.1) is 0 Å². The van der Waals surface area contributed by atoms with Crippen molar-refractivity contribution in [3.63, 3.8) is 0 Å². The van der Waals surface area contributed by atoms with E-state index in [0.29, 0.717) is 10.7 Å². The number of pyridine rings is 1. The monoisotopic (exact) mass is 266 g/mol. The van der Waals surface area contributed by atoms with Crippen molar-refractivity contribution in [1.82, 2.24) is 4.98 Å². The van der Waals surface area contributed by atoms with E-state index in [0.717, 1.165) is 6.07 Å². The molecular formula is C12H8ClFN2O2. The number of benzene rings is 1. The highest BCUT2D eigenvalue weighted by atomic mass is 35.5. The summed E-state index contributed by atoms with van der Waals surface area (Å²) in [5.74, 6) is -1.39. The van der Waals surface area contributed by atoms with Crippen LogP contribution < -0.4 is 5.32 Å². The fraction of sp³-hybridized carbons (Fsp3) is 0. The van der Waals surface area contributed by atoms with E-state index in [9.17, 15) is 14.3 Å². The zero-order valence-corrected chi connectivity index (χ0v) is 9.78. The summed E-state index contributed by atoms with van der Waals surface area (Å²) in [6.07, 6.45) is 1.18. The summed E-state index contributed by atoms with van der Waals surface area (Å²) >= 11 is 5.66. The first-order chi connectivity index (χ1) is 8.56. The lowest BCUT2D eigenvalue weighted by Gasteiger charge is -2.06. The number of carbonyl (C=O) groups is 1. The van der Waals surface area contributed by atoms with Crippen LogP contribution in [-0.4, -0.2) is 16.0 Å². The first kappa shape index (κ1) is 12.3. The Morgan fingerprint density at radius 1 is 1.33 bits per heavy atom. The minimum absolute atomic E-state index is 0.0729. The number of rotatable bonds is 2. The number of anilines is 1. The number of halogens is 2. The van der Waals surface area contributed by atoms with Crippen molar-refractivity contribution in [1.29, 1.82) is 0 Å². The van der Waals surface area contributed by atoms with Crippen LogP contribution in [0.25, 0.3) is 0 Å². The highest BCUT2D eigenvalue weighted by molar-refractivity contribution is 6.30. The van der Waals surface area contributed by atoms with Crippen molar-refractivity contribution in [3.8, 4) is 5.75 Å². The van der Waals surface area contributed by atoms with Gasteiger partial charge in [-0.05, 0) is 30.3 Å². The maximum absolute atomic E-state index is 12.6. The molecule has 0 radical (unpaired) electrons. The van der Waals surface area contributed by atoms with Crippen LogP contribution in [0.1, 0.15) is 10.4 Å². The molecular weight excluding hydrogens is 259 g/mol. The third kappa shape index (κ3) is 2.75.